The predicted molar refractivity (Wildman–Crippen MR) is 145 cm³/mol. The third-order valence-electron chi connectivity index (χ3n) is 7.32. The summed E-state index contributed by atoms with van der Waals surface area (Å²) in [7, 11) is 0. The average Bonchev–Trinajstić information content (AvgIpc) is 3.18. The van der Waals surface area contributed by atoms with Crippen LogP contribution < -0.4 is 21.3 Å². The number of H-pyrrole nitrogens is 1. The first-order chi connectivity index (χ1) is 17.7. The van der Waals surface area contributed by atoms with Crippen LogP contribution in [0.2, 0.25) is 0 Å². The normalized spacial score (nSPS) is 18.1. The molecule has 9 heteroatoms. The van der Waals surface area contributed by atoms with Crippen molar-refractivity contribution in [3.63, 3.8) is 0 Å². The van der Waals surface area contributed by atoms with Crippen LogP contribution in [-0.2, 0) is 11.2 Å². The predicted octanol–water partition coefficient (Wildman–Crippen LogP) is 3.96. The van der Waals surface area contributed by atoms with E-state index >= 15 is 0 Å². The quantitative estimate of drug-likeness (QED) is 0.349. The largest absolute Gasteiger partial charge is 0.367 e. The third-order valence-corrected chi connectivity index (χ3v) is 7.32. The van der Waals surface area contributed by atoms with Crippen molar-refractivity contribution >= 4 is 29.1 Å². The number of amides is 2. The van der Waals surface area contributed by atoms with Crippen molar-refractivity contribution < 1.29 is 14.4 Å². The third kappa shape index (κ3) is 6.57. The van der Waals surface area contributed by atoms with Crippen LogP contribution in [0.25, 0.3) is 0 Å². The highest BCUT2D eigenvalue weighted by atomic mass is 16.2. The lowest BCUT2D eigenvalue weighted by Gasteiger charge is -2.28. The Balaban J connectivity index is 1.42. The van der Waals surface area contributed by atoms with Crippen LogP contribution in [0.5, 0.6) is 0 Å². The highest BCUT2D eigenvalue weighted by Gasteiger charge is 2.35. The van der Waals surface area contributed by atoms with Crippen LogP contribution in [0.1, 0.15) is 91.4 Å². The second-order valence-electron chi connectivity index (χ2n) is 11.2. The number of anilines is 2. The number of aromatic nitrogens is 2. The van der Waals surface area contributed by atoms with E-state index in [9.17, 15) is 14.4 Å². The molecule has 1 saturated heterocycles. The molecule has 5 N–H and O–H groups in total. The Kier molecular flexibility index (Phi) is 8.32. The van der Waals surface area contributed by atoms with E-state index < -0.39 is 6.04 Å². The van der Waals surface area contributed by atoms with Crippen LogP contribution in [-0.4, -0.2) is 52.7 Å². The number of hydrogen-bond acceptors (Lipinski definition) is 6. The number of nitrogens with zero attached hydrogens (tertiary/aromatic N) is 1. The van der Waals surface area contributed by atoms with Crippen molar-refractivity contribution in [2.24, 2.45) is 5.41 Å². The fourth-order valence-corrected chi connectivity index (χ4v) is 5.33. The van der Waals surface area contributed by atoms with Crippen LogP contribution in [0.3, 0.4) is 0 Å². The van der Waals surface area contributed by atoms with E-state index in [1.54, 1.807) is 13.1 Å². The molecule has 1 fully saturated rings. The van der Waals surface area contributed by atoms with E-state index in [1.807, 2.05) is 19.1 Å². The average molecular weight is 509 g/mol. The van der Waals surface area contributed by atoms with Crippen LogP contribution >= 0.6 is 0 Å². The molecule has 37 heavy (non-hydrogen) atoms. The minimum Gasteiger partial charge on any atom is -0.367 e. The van der Waals surface area contributed by atoms with Gasteiger partial charge < -0.3 is 26.3 Å². The number of hydrogen-bond donors (Lipinski definition) is 5. The monoisotopic (exact) mass is 508 g/mol. The summed E-state index contributed by atoms with van der Waals surface area (Å²) < 4.78 is 0. The molecule has 1 atom stereocenters. The maximum Gasteiger partial charge on any atom is 0.268 e. The number of unbranched alkanes of at least 4 members (excludes halogenated alkanes) is 1. The number of rotatable bonds is 9. The van der Waals surface area contributed by atoms with E-state index in [-0.39, 0.29) is 23.0 Å². The Labute approximate surface area is 219 Å². The Hall–Kier alpha value is -3.20. The zero-order valence-electron chi connectivity index (χ0n) is 22.4. The Morgan fingerprint density at radius 1 is 1.19 bits per heavy atom. The molecule has 4 rings (SSSR count). The first-order valence-electron chi connectivity index (χ1n) is 13.5. The maximum atomic E-state index is 13.3. The van der Waals surface area contributed by atoms with E-state index in [2.05, 4.69) is 45.1 Å². The first kappa shape index (κ1) is 26.9. The van der Waals surface area contributed by atoms with Crippen LogP contribution in [0.4, 0.5) is 11.5 Å². The molecule has 0 bridgehead atoms. The van der Waals surface area contributed by atoms with Gasteiger partial charge in [-0.2, -0.15) is 0 Å². The molecular formula is C28H40N6O3. The fourth-order valence-electron chi connectivity index (χ4n) is 5.33. The Bertz CT molecular complexity index is 1130. The zero-order chi connectivity index (χ0) is 26.6. The number of carbonyl (C=O) groups excluding carboxylic acids is 3. The Morgan fingerprint density at radius 2 is 1.95 bits per heavy atom. The summed E-state index contributed by atoms with van der Waals surface area (Å²) in [5.41, 5.74) is 2.89. The van der Waals surface area contributed by atoms with Gasteiger partial charge in [0.1, 0.15) is 17.6 Å². The van der Waals surface area contributed by atoms with Gasteiger partial charge >= 0.3 is 0 Å². The minimum atomic E-state index is -0.702. The molecule has 0 spiro atoms. The molecule has 3 heterocycles. The van der Waals surface area contributed by atoms with Crippen molar-refractivity contribution in [3.8, 4) is 0 Å². The molecule has 0 aromatic carbocycles. The molecule has 200 valence electrons. The number of nitrogens with one attached hydrogen (secondary N) is 5. The number of aromatic amines is 1. The number of carbonyl (C=O) groups is 3. The molecule has 9 nitrogen and oxygen atoms in total. The molecule has 1 aliphatic carbocycles. The highest BCUT2D eigenvalue weighted by Crippen LogP contribution is 2.36. The van der Waals surface area contributed by atoms with Crippen molar-refractivity contribution in [1.29, 1.82) is 0 Å². The molecule has 2 aliphatic rings. The molecule has 0 radical (unpaired) electrons. The molecule has 1 unspecified atom stereocenters. The summed E-state index contributed by atoms with van der Waals surface area (Å²) >= 11 is 0. The fraction of sp³-hybridized carbons (Fsp3) is 0.571. The van der Waals surface area contributed by atoms with Gasteiger partial charge in [0.15, 0.2) is 5.78 Å². The van der Waals surface area contributed by atoms with Gasteiger partial charge in [-0.15, -0.1) is 0 Å². The van der Waals surface area contributed by atoms with Gasteiger partial charge in [-0.1, -0.05) is 33.6 Å². The topological polar surface area (TPSA) is 128 Å². The van der Waals surface area contributed by atoms with Crippen LogP contribution in [0, 0.1) is 12.3 Å². The van der Waals surface area contributed by atoms with Crippen molar-refractivity contribution in [1.82, 2.24) is 20.6 Å². The van der Waals surface area contributed by atoms with E-state index in [1.165, 1.54) is 0 Å². The van der Waals surface area contributed by atoms with Gasteiger partial charge in [-0.05, 0) is 68.8 Å². The molecule has 1 aliphatic heterocycles. The standard InChI is InChI=1S/C28H40N6O3/c1-5-6-7-20(26(36)32-19-8-9-23(30-16-19)31-18-10-12-29-13-11-18)34-27(37)25-17(2)24-21(33-25)14-28(3,4)15-22(24)35/h8-9,16,18,20,29,33H,5-7,10-15H2,1-4H3,(H,30,31)(H,32,36)(H,34,37). The summed E-state index contributed by atoms with van der Waals surface area (Å²) in [5.74, 6) is 0.191. The summed E-state index contributed by atoms with van der Waals surface area (Å²) in [6.07, 6.45) is 7.11. The molecule has 2 aromatic rings. The molecular weight excluding hydrogens is 468 g/mol. The smallest absolute Gasteiger partial charge is 0.268 e. The van der Waals surface area contributed by atoms with Gasteiger partial charge in [-0.3, -0.25) is 14.4 Å². The minimum absolute atomic E-state index is 0.0601. The number of Topliss-reactive ketones (excluding diaryl/α,β-unsaturated/α-hetero) is 1. The van der Waals surface area contributed by atoms with Crippen molar-refractivity contribution in [3.05, 3.63) is 40.8 Å². The van der Waals surface area contributed by atoms with Crippen molar-refractivity contribution in [2.75, 3.05) is 23.7 Å². The van der Waals surface area contributed by atoms with Crippen molar-refractivity contribution in [2.45, 2.75) is 84.7 Å². The SMILES string of the molecule is CCCCC(NC(=O)c1[nH]c2c(c1C)C(=O)CC(C)(C)C2)C(=O)Nc1ccc(NC2CCNCC2)nc1. The summed E-state index contributed by atoms with van der Waals surface area (Å²) in [5, 5.41) is 12.6. The lowest BCUT2D eigenvalue weighted by atomic mass is 9.75. The molecule has 0 saturated carbocycles. The second kappa shape index (κ2) is 11.5. The van der Waals surface area contributed by atoms with Gasteiger partial charge in [0.05, 0.1) is 11.9 Å². The summed E-state index contributed by atoms with van der Waals surface area (Å²) in [6.45, 7) is 9.95. The van der Waals surface area contributed by atoms with Gasteiger partial charge in [0.2, 0.25) is 5.91 Å². The lowest BCUT2D eigenvalue weighted by molar-refractivity contribution is -0.118. The molecule has 2 amide bonds. The Morgan fingerprint density at radius 3 is 2.62 bits per heavy atom. The second-order valence-corrected chi connectivity index (χ2v) is 11.2. The number of pyridine rings is 1. The summed E-state index contributed by atoms with van der Waals surface area (Å²) in [6, 6.07) is 3.38. The van der Waals surface area contributed by atoms with Gasteiger partial charge in [0.25, 0.3) is 5.91 Å². The van der Waals surface area contributed by atoms with Gasteiger partial charge in [-0.25, -0.2) is 4.98 Å². The molecule has 2 aromatic heterocycles. The van der Waals surface area contributed by atoms with Gasteiger partial charge in [0, 0.05) is 23.7 Å². The number of piperidine rings is 1. The zero-order valence-corrected chi connectivity index (χ0v) is 22.4. The van der Waals surface area contributed by atoms with E-state index in [0.717, 1.165) is 50.3 Å². The van der Waals surface area contributed by atoms with E-state index in [4.69, 9.17) is 0 Å². The number of fused-ring (bicyclic) bond motifs is 1. The number of ketones is 1. The lowest BCUT2D eigenvalue weighted by Crippen LogP contribution is -2.44. The van der Waals surface area contributed by atoms with E-state index in [0.29, 0.717) is 47.8 Å². The summed E-state index contributed by atoms with van der Waals surface area (Å²) in [4.78, 5) is 46.8. The maximum absolute atomic E-state index is 13.3. The highest BCUT2D eigenvalue weighted by molar-refractivity contribution is 6.06. The first-order valence-corrected chi connectivity index (χ1v) is 13.5. The van der Waals surface area contributed by atoms with Crippen LogP contribution in [0.15, 0.2) is 18.3 Å².